The fourth-order valence-corrected chi connectivity index (χ4v) is 17.8. The second kappa shape index (κ2) is 24.5. The van der Waals surface area contributed by atoms with Crippen molar-refractivity contribution in [2.24, 2.45) is 56.9 Å². The highest BCUT2D eigenvalue weighted by atomic mass is 16.7. The second-order valence-electron chi connectivity index (χ2n) is 28.0. The molecule has 7 saturated carbocycles. The smallest absolute Gasteiger partial charge is 0.407 e. The van der Waals surface area contributed by atoms with Crippen molar-refractivity contribution < 1.29 is 63.1 Å². The lowest BCUT2D eigenvalue weighted by Crippen LogP contribution is -2.75. The first kappa shape index (κ1) is 61.9. The minimum absolute atomic E-state index is 0.00106. The van der Waals surface area contributed by atoms with Gasteiger partial charge in [0.15, 0.2) is 23.5 Å². The molecule has 89 heavy (non-hydrogen) atoms. The van der Waals surface area contributed by atoms with Gasteiger partial charge in [-0.15, -0.1) is 0 Å². The Morgan fingerprint density at radius 1 is 0.876 bits per heavy atom. The first-order chi connectivity index (χ1) is 42.6. The average molecular weight is 1220 g/mol. The van der Waals surface area contributed by atoms with Crippen molar-refractivity contribution in [2.75, 3.05) is 18.5 Å². The summed E-state index contributed by atoms with van der Waals surface area (Å²) in [7, 11) is 0. The number of ketones is 2. The number of hydrazone groups is 1. The van der Waals surface area contributed by atoms with E-state index in [4.69, 9.17) is 14.2 Å². The lowest BCUT2D eigenvalue weighted by molar-refractivity contribution is -0.201. The predicted octanol–water partition coefficient (Wildman–Crippen LogP) is 8.48. The molecule has 8 N–H and O–H groups in total. The lowest BCUT2D eigenvalue weighted by atomic mass is 9.38. The number of allylic oxidation sites excluding steroid dienone is 5. The van der Waals surface area contributed by atoms with Crippen molar-refractivity contribution >= 4 is 58.9 Å². The van der Waals surface area contributed by atoms with Crippen molar-refractivity contribution in [2.45, 2.75) is 173 Å². The summed E-state index contributed by atoms with van der Waals surface area (Å²) in [6.07, 6.45) is 15.3. The number of aliphatic hydroxyl groups is 2. The SMILES string of the molecule is CC(C)C1CCCC2=C(c3ccc(CC(=O)NCC(=O)N[C@@H](CCC(=O)O)C(=O)Nc4ccc(COC(=O)NC56CC(Cc7ccc([C@@H]8O[C@@H]9C[C@H]%10[C@@H]%11CCC%12=CC(=O)C=C[C@]%12(C)[C@H]%11[C@@H](O)C[C@]%10(C)[C@]9(C(=O)CO)O8)cc7)(C5)C6)cc4)cc3)NN=CC2CC1. The van der Waals surface area contributed by atoms with E-state index >= 15 is 0 Å². The van der Waals surface area contributed by atoms with Crippen molar-refractivity contribution in [3.63, 3.8) is 0 Å². The Morgan fingerprint density at radius 2 is 1.61 bits per heavy atom. The largest absolute Gasteiger partial charge is 0.481 e. The molecule has 2 bridgehead atoms. The number of fused-ring (bicyclic) bond motifs is 8. The molecule has 472 valence electrons. The number of nitrogens with one attached hydrogen (secondary N) is 5. The van der Waals surface area contributed by atoms with E-state index in [0.717, 1.165) is 97.2 Å². The Morgan fingerprint density at radius 3 is 2.33 bits per heavy atom. The van der Waals surface area contributed by atoms with Gasteiger partial charge in [0.1, 0.15) is 19.3 Å². The van der Waals surface area contributed by atoms with Crippen LogP contribution in [0.3, 0.4) is 0 Å². The second-order valence-corrected chi connectivity index (χ2v) is 28.0. The molecule has 2 aliphatic heterocycles. The molecule has 0 spiro atoms. The maximum absolute atomic E-state index is 14.0. The van der Waals surface area contributed by atoms with Gasteiger partial charge in [-0.25, -0.2) is 4.79 Å². The number of ether oxygens (including phenoxy) is 3. The van der Waals surface area contributed by atoms with Crippen LogP contribution >= 0.6 is 0 Å². The summed E-state index contributed by atoms with van der Waals surface area (Å²) < 4.78 is 19.1. The highest BCUT2D eigenvalue weighted by Crippen LogP contribution is 2.71. The molecule has 0 radical (unpaired) electrons. The van der Waals surface area contributed by atoms with Gasteiger partial charge in [-0.1, -0.05) is 100 Å². The Hall–Kier alpha value is -7.32. The summed E-state index contributed by atoms with van der Waals surface area (Å²) in [5, 5.41) is 47.3. The molecule has 1 saturated heterocycles. The van der Waals surface area contributed by atoms with Crippen LogP contribution in [0.4, 0.5) is 10.5 Å². The zero-order chi connectivity index (χ0) is 62.6. The van der Waals surface area contributed by atoms with Crippen molar-refractivity contribution in [3.8, 4) is 0 Å². The number of carboxylic acids is 1. The molecule has 13 rings (SSSR count). The fourth-order valence-electron chi connectivity index (χ4n) is 17.8. The summed E-state index contributed by atoms with van der Waals surface area (Å²) in [6, 6.07) is 21.2. The van der Waals surface area contributed by atoms with E-state index in [1.165, 1.54) is 18.4 Å². The van der Waals surface area contributed by atoms with Crippen LogP contribution < -0.4 is 26.7 Å². The van der Waals surface area contributed by atoms with Crippen LogP contribution in [0.1, 0.15) is 152 Å². The van der Waals surface area contributed by atoms with Gasteiger partial charge in [-0.05, 0) is 171 Å². The predicted molar refractivity (Wildman–Crippen MR) is 330 cm³/mol. The highest BCUT2D eigenvalue weighted by molar-refractivity contribution is 6.01. The first-order valence-corrected chi connectivity index (χ1v) is 32.0. The summed E-state index contributed by atoms with van der Waals surface area (Å²) in [6.45, 7) is 7.62. The topological polar surface area (TPSA) is 280 Å². The van der Waals surface area contributed by atoms with E-state index in [-0.39, 0.29) is 60.4 Å². The lowest BCUT2D eigenvalue weighted by Gasteiger charge is -2.70. The molecule has 8 fully saturated rings. The number of hydrogen-bond donors (Lipinski definition) is 8. The molecule has 2 heterocycles. The van der Waals surface area contributed by atoms with Gasteiger partial charge in [0.25, 0.3) is 0 Å². The van der Waals surface area contributed by atoms with Gasteiger partial charge in [0.2, 0.25) is 17.7 Å². The first-order valence-electron chi connectivity index (χ1n) is 32.0. The number of carbonyl (C=O) groups excluding carboxylic acids is 6. The Labute approximate surface area is 519 Å². The van der Waals surface area contributed by atoms with Crippen LogP contribution in [0.2, 0.25) is 0 Å². The van der Waals surface area contributed by atoms with Crippen LogP contribution in [-0.2, 0) is 62.4 Å². The number of amides is 4. The molecule has 3 aromatic carbocycles. The number of aliphatic hydroxyl groups excluding tert-OH is 2. The van der Waals surface area contributed by atoms with E-state index in [1.54, 1.807) is 36.4 Å². The number of carboxylic acid groups (broad SMARTS) is 1. The number of Topliss-reactive ketones (excluding diaryl/α,β-unsaturated/α-hetero) is 1. The van der Waals surface area contributed by atoms with Crippen LogP contribution in [0.5, 0.6) is 0 Å². The van der Waals surface area contributed by atoms with Gasteiger partial charge in [-0.3, -0.25) is 34.2 Å². The summed E-state index contributed by atoms with van der Waals surface area (Å²) in [4.78, 5) is 90.5. The number of aliphatic carboxylic acids is 1. The van der Waals surface area contributed by atoms with Crippen LogP contribution in [-0.4, -0.2) is 105 Å². The zero-order valence-electron chi connectivity index (χ0n) is 51.3. The maximum Gasteiger partial charge on any atom is 0.407 e. The van der Waals surface area contributed by atoms with Gasteiger partial charge in [-0.2, -0.15) is 5.10 Å². The number of nitrogens with zero attached hydrogens (tertiary/aromatic N) is 1. The van der Waals surface area contributed by atoms with Crippen molar-refractivity contribution in [1.82, 2.24) is 21.4 Å². The number of hydrogen-bond acceptors (Lipinski definition) is 14. The van der Waals surface area contributed by atoms with E-state index in [2.05, 4.69) is 64.7 Å². The van der Waals surface area contributed by atoms with E-state index in [0.29, 0.717) is 35.9 Å². The molecule has 10 aliphatic rings. The molecular formula is C70H84N6O13. The minimum Gasteiger partial charge on any atom is -0.481 e. The molecule has 19 heteroatoms. The molecule has 3 aromatic rings. The van der Waals surface area contributed by atoms with Gasteiger partial charge >= 0.3 is 12.1 Å². The molecule has 8 aliphatic carbocycles. The average Bonchev–Trinajstić information content (AvgIpc) is 1.36. The third-order valence-corrected chi connectivity index (χ3v) is 22.1. The standard InChI is InChI=1S/C70H84N6O13/c1-40(2)44-6-5-7-51-47(19-18-44)33-72-76-62(51)45-14-8-41(9-15-45)28-58(81)71-34-59(82)74-54(24-25-60(83)84)63(85)73-49-21-12-43(13-22-49)36-87-65(86)75-69-37-68(38-69,39-69)31-42-10-16-46(17-11-42)64-88-57-30-53-52-23-20-48-29-50(78)26-27-66(48,3)61(52)55(79)32-67(53,4)70(57,89-64)56(80)35-77/h8-17,21-22,26-27,29,33,40,44,47,52-55,57,61,64,76-77,79H,5-7,18-20,23-25,28,30-32,34-39H2,1-4H3,(H,71,81)(H,73,85)(H,74,82)(H,75,86)(H,83,84)/t44?,47?,52-,53-,54-,55-,57+,61+,64+,66-,67-,68?,69?,70+/m0/s1. The quantitative estimate of drug-likeness (QED) is 0.0527. The number of alkyl carbamates (subject to hydrolysis) is 1. The minimum atomic E-state index is -1.43. The van der Waals surface area contributed by atoms with Gasteiger partial charge in [0, 0.05) is 52.1 Å². The van der Waals surface area contributed by atoms with E-state index < -0.39 is 89.7 Å². The van der Waals surface area contributed by atoms with Crippen LogP contribution in [0.25, 0.3) is 5.70 Å². The van der Waals surface area contributed by atoms with Crippen LogP contribution in [0.15, 0.2) is 107 Å². The third kappa shape index (κ3) is 11.9. The molecular weight excluding hydrogens is 1130 g/mol. The highest BCUT2D eigenvalue weighted by Gasteiger charge is 2.76. The third-order valence-electron chi connectivity index (χ3n) is 22.1. The summed E-state index contributed by atoms with van der Waals surface area (Å²) >= 11 is 0. The molecule has 19 nitrogen and oxygen atoms in total. The monoisotopic (exact) mass is 1220 g/mol. The summed E-state index contributed by atoms with van der Waals surface area (Å²) in [5.74, 6) is -1.64. The molecule has 2 unspecified atom stereocenters. The Kier molecular flexibility index (Phi) is 17.0. The zero-order valence-corrected chi connectivity index (χ0v) is 51.3. The van der Waals surface area contributed by atoms with E-state index in [9.17, 15) is 48.9 Å². The number of rotatable bonds is 20. The maximum atomic E-state index is 14.0. The fraction of sp³-hybridized carbons (Fsp3) is 0.543. The van der Waals surface area contributed by atoms with Gasteiger partial charge < -0.3 is 50.8 Å². The number of benzene rings is 3. The Bertz CT molecular complexity index is 3390. The van der Waals surface area contributed by atoms with E-state index in [1.807, 2.05) is 55.6 Å². The van der Waals surface area contributed by atoms with Crippen LogP contribution in [0, 0.1) is 51.8 Å². The molecule has 12 atom stereocenters. The number of anilines is 1. The Balaban J connectivity index is 0.571. The molecule has 4 amide bonds. The van der Waals surface area contributed by atoms with Crippen molar-refractivity contribution in [3.05, 3.63) is 130 Å². The summed E-state index contributed by atoms with van der Waals surface area (Å²) in [5.41, 5.74) is 8.38. The number of carbonyl (C=O) groups is 7. The van der Waals surface area contributed by atoms with Gasteiger partial charge in [0.05, 0.1) is 30.9 Å². The molecule has 0 aromatic heterocycles. The van der Waals surface area contributed by atoms with Crippen molar-refractivity contribution in [1.29, 1.82) is 0 Å². The normalized spacial score (nSPS) is 33.2.